The van der Waals surface area contributed by atoms with Crippen LogP contribution >= 0.6 is 0 Å². The van der Waals surface area contributed by atoms with Crippen molar-refractivity contribution < 1.29 is 22.7 Å². The predicted octanol–water partition coefficient (Wildman–Crippen LogP) is 1.99. The third-order valence-electron chi connectivity index (χ3n) is 5.67. The molecule has 1 N–H and O–H groups in total. The van der Waals surface area contributed by atoms with Crippen molar-refractivity contribution >= 4 is 27.5 Å². The summed E-state index contributed by atoms with van der Waals surface area (Å²) in [6.45, 7) is 8.53. The first-order valence-corrected chi connectivity index (χ1v) is 11.9. The van der Waals surface area contributed by atoms with Crippen LogP contribution in [-0.2, 0) is 19.6 Å². The van der Waals surface area contributed by atoms with Crippen molar-refractivity contribution in [3.63, 3.8) is 0 Å². The first-order valence-electron chi connectivity index (χ1n) is 10.5. The Bertz CT molecular complexity index is 907. The van der Waals surface area contributed by atoms with Crippen LogP contribution < -0.4 is 15.0 Å². The topological polar surface area (TPSA) is 96.0 Å². The van der Waals surface area contributed by atoms with Crippen LogP contribution in [0.4, 0.5) is 5.69 Å². The third kappa shape index (κ3) is 4.78. The summed E-state index contributed by atoms with van der Waals surface area (Å²) >= 11 is 0. The largest absolute Gasteiger partial charge is 0.482 e. The zero-order valence-electron chi connectivity index (χ0n) is 18.1. The zero-order chi connectivity index (χ0) is 22.1. The Morgan fingerprint density at radius 3 is 2.57 bits per heavy atom. The number of hydrogen-bond acceptors (Lipinski definition) is 5. The van der Waals surface area contributed by atoms with Crippen LogP contribution in [0.2, 0.25) is 0 Å². The fraction of sp³-hybridized carbons (Fsp3) is 0.619. The number of nitrogens with one attached hydrogen (secondary N) is 1. The minimum absolute atomic E-state index is 0.0112. The molecule has 2 aliphatic heterocycles. The summed E-state index contributed by atoms with van der Waals surface area (Å²) in [6.07, 6.45) is 1.77. The van der Waals surface area contributed by atoms with Crippen LogP contribution in [0.1, 0.15) is 40.5 Å². The van der Waals surface area contributed by atoms with Gasteiger partial charge in [0.25, 0.3) is 5.91 Å². The molecule has 9 heteroatoms. The predicted molar refractivity (Wildman–Crippen MR) is 114 cm³/mol. The van der Waals surface area contributed by atoms with Crippen LogP contribution in [0.15, 0.2) is 23.1 Å². The molecule has 30 heavy (non-hydrogen) atoms. The summed E-state index contributed by atoms with van der Waals surface area (Å²) in [4.78, 5) is 26.2. The lowest BCUT2D eigenvalue weighted by atomic mass is 9.94. The van der Waals surface area contributed by atoms with Gasteiger partial charge in [-0.2, -0.15) is 4.31 Å². The van der Waals surface area contributed by atoms with Crippen LogP contribution in [0.25, 0.3) is 0 Å². The van der Waals surface area contributed by atoms with Crippen molar-refractivity contribution in [1.82, 2.24) is 9.62 Å². The van der Waals surface area contributed by atoms with Gasteiger partial charge < -0.3 is 10.1 Å². The van der Waals surface area contributed by atoms with E-state index in [1.165, 1.54) is 21.3 Å². The van der Waals surface area contributed by atoms with E-state index in [2.05, 4.69) is 19.2 Å². The SMILES string of the molecule is CC[C@H](C)NC(=O)CN1C(=O)COc2ccc(S(=O)(=O)N3C[C@H](C)C[C@@H](C)C3)cc21. The summed E-state index contributed by atoms with van der Waals surface area (Å²) < 4.78 is 33.5. The smallest absolute Gasteiger partial charge is 0.265 e. The second kappa shape index (κ2) is 8.93. The minimum atomic E-state index is -3.71. The molecule has 1 fully saturated rings. The lowest BCUT2D eigenvalue weighted by Crippen LogP contribution is -2.47. The lowest BCUT2D eigenvalue weighted by Gasteiger charge is -2.34. The Hall–Kier alpha value is -2.13. The molecule has 0 aliphatic carbocycles. The average Bonchev–Trinajstić information content (AvgIpc) is 2.68. The fourth-order valence-electron chi connectivity index (χ4n) is 4.03. The number of carbonyl (C=O) groups excluding carboxylic acids is 2. The number of fused-ring (bicyclic) bond motifs is 1. The number of rotatable bonds is 6. The number of ether oxygens (including phenoxy) is 1. The Morgan fingerprint density at radius 1 is 1.27 bits per heavy atom. The average molecular weight is 438 g/mol. The molecule has 1 saturated heterocycles. The number of benzene rings is 1. The quantitative estimate of drug-likeness (QED) is 0.734. The van der Waals surface area contributed by atoms with Gasteiger partial charge in [0.05, 0.1) is 10.6 Å². The van der Waals surface area contributed by atoms with Gasteiger partial charge in [-0.1, -0.05) is 20.8 Å². The molecule has 0 unspecified atom stereocenters. The Labute approximate surface area is 178 Å². The standard InChI is InChI=1S/C21H31N3O5S/c1-5-16(4)22-20(25)12-24-18-9-17(6-7-19(18)29-13-21(24)26)30(27,28)23-10-14(2)8-15(3)11-23/h6-7,9,14-16H,5,8,10-13H2,1-4H3,(H,22,25)/t14-,15-,16+/m1/s1. The van der Waals surface area contributed by atoms with Crippen LogP contribution in [0, 0.1) is 11.8 Å². The monoisotopic (exact) mass is 437 g/mol. The van der Waals surface area contributed by atoms with Crippen molar-refractivity contribution in [3.8, 4) is 5.75 Å². The molecule has 0 saturated carbocycles. The minimum Gasteiger partial charge on any atom is -0.482 e. The van der Waals surface area contributed by atoms with Crippen molar-refractivity contribution in [2.24, 2.45) is 11.8 Å². The Kier molecular flexibility index (Phi) is 6.71. The molecule has 1 aromatic rings. The number of piperidine rings is 1. The molecule has 1 aromatic carbocycles. The lowest BCUT2D eigenvalue weighted by molar-refractivity contribution is -0.125. The van der Waals surface area contributed by atoms with Crippen molar-refractivity contribution in [3.05, 3.63) is 18.2 Å². The Morgan fingerprint density at radius 2 is 1.93 bits per heavy atom. The van der Waals surface area contributed by atoms with Crippen molar-refractivity contribution in [1.29, 1.82) is 0 Å². The zero-order valence-corrected chi connectivity index (χ0v) is 18.9. The van der Waals surface area contributed by atoms with Gasteiger partial charge in [0.15, 0.2) is 6.61 Å². The summed E-state index contributed by atoms with van der Waals surface area (Å²) in [5.41, 5.74) is 0.310. The van der Waals surface area contributed by atoms with Crippen LogP contribution in [-0.4, -0.2) is 56.8 Å². The second-order valence-electron chi connectivity index (χ2n) is 8.54. The summed E-state index contributed by atoms with van der Waals surface area (Å²) in [7, 11) is -3.71. The molecule has 3 atom stereocenters. The fourth-order valence-corrected chi connectivity index (χ4v) is 5.73. The maximum absolute atomic E-state index is 13.3. The van der Waals surface area contributed by atoms with E-state index in [1.54, 1.807) is 6.07 Å². The van der Waals surface area contributed by atoms with Crippen LogP contribution in [0.3, 0.4) is 0 Å². The highest BCUT2D eigenvalue weighted by atomic mass is 32.2. The molecule has 8 nitrogen and oxygen atoms in total. The molecule has 2 aliphatic rings. The molecular formula is C21H31N3O5S. The summed E-state index contributed by atoms with van der Waals surface area (Å²) in [5, 5.41) is 2.83. The number of nitrogens with zero attached hydrogens (tertiary/aromatic N) is 2. The van der Waals surface area contributed by atoms with E-state index in [-0.39, 0.29) is 47.7 Å². The first-order chi connectivity index (χ1) is 14.1. The van der Waals surface area contributed by atoms with Gasteiger partial charge in [0.1, 0.15) is 12.3 Å². The van der Waals surface area contributed by atoms with Gasteiger partial charge >= 0.3 is 0 Å². The molecule has 0 aromatic heterocycles. The highest BCUT2D eigenvalue weighted by molar-refractivity contribution is 7.89. The molecule has 166 valence electrons. The molecular weight excluding hydrogens is 406 g/mol. The van der Waals surface area contributed by atoms with Crippen molar-refractivity contribution in [2.75, 3.05) is 31.1 Å². The number of anilines is 1. The maximum Gasteiger partial charge on any atom is 0.265 e. The van der Waals surface area contributed by atoms with E-state index in [4.69, 9.17) is 4.74 Å². The van der Waals surface area contributed by atoms with Gasteiger partial charge in [-0.3, -0.25) is 14.5 Å². The highest BCUT2D eigenvalue weighted by Gasteiger charge is 2.34. The second-order valence-corrected chi connectivity index (χ2v) is 10.5. The third-order valence-corrected chi connectivity index (χ3v) is 7.50. The van der Waals surface area contributed by atoms with Gasteiger partial charge in [0.2, 0.25) is 15.9 Å². The van der Waals surface area contributed by atoms with E-state index >= 15 is 0 Å². The van der Waals surface area contributed by atoms with Gasteiger partial charge in [-0.25, -0.2) is 8.42 Å². The molecule has 2 heterocycles. The number of sulfonamides is 1. The van der Waals surface area contributed by atoms with E-state index in [9.17, 15) is 18.0 Å². The van der Waals surface area contributed by atoms with Gasteiger partial charge in [0, 0.05) is 19.1 Å². The van der Waals surface area contributed by atoms with E-state index in [0.29, 0.717) is 24.5 Å². The van der Waals surface area contributed by atoms with E-state index < -0.39 is 10.0 Å². The molecule has 0 spiro atoms. The number of carbonyl (C=O) groups is 2. The molecule has 2 amide bonds. The van der Waals surface area contributed by atoms with Crippen LogP contribution in [0.5, 0.6) is 5.75 Å². The van der Waals surface area contributed by atoms with Gasteiger partial charge in [-0.15, -0.1) is 0 Å². The van der Waals surface area contributed by atoms with Gasteiger partial charge in [-0.05, 0) is 49.8 Å². The number of amides is 2. The molecule has 3 rings (SSSR count). The maximum atomic E-state index is 13.3. The van der Waals surface area contributed by atoms with Crippen molar-refractivity contribution in [2.45, 2.75) is 51.5 Å². The summed E-state index contributed by atoms with van der Waals surface area (Å²) in [6, 6.07) is 4.50. The normalized spacial score (nSPS) is 23.5. The highest BCUT2D eigenvalue weighted by Crippen LogP contribution is 2.36. The number of hydrogen-bond donors (Lipinski definition) is 1. The summed E-state index contributed by atoms with van der Waals surface area (Å²) in [5.74, 6) is 0.290. The molecule has 0 radical (unpaired) electrons. The Balaban J connectivity index is 1.89. The van der Waals surface area contributed by atoms with E-state index in [1.807, 2.05) is 13.8 Å². The van der Waals surface area contributed by atoms with E-state index in [0.717, 1.165) is 12.8 Å². The first kappa shape index (κ1) is 22.6. The molecule has 0 bridgehead atoms.